The molecule has 0 unspecified atom stereocenters. The Morgan fingerprint density at radius 1 is 1.18 bits per heavy atom. The monoisotopic (exact) mass is 234 g/mol. The molecule has 2 nitrogen and oxygen atoms in total. The summed E-state index contributed by atoms with van der Waals surface area (Å²) >= 11 is 0. The molecule has 0 heterocycles. The quantitative estimate of drug-likeness (QED) is 0.521. The second-order valence-corrected chi connectivity index (χ2v) is 4.57. The molecule has 0 fully saturated rings. The SMILES string of the molecule is CCCCCC(=O)c1ccc(OC(C)C)cc1. The summed E-state index contributed by atoms with van der Waals surface area (Å²) in [5.74, 6) is 1.06. The van der Waals surface area contributed by atoms with Gasteiger partial charge in [0.2, 0.25) is 0 Å². The molecule has 1 aromatic rings. The molecule has 2 heteroatoms. The lowest BCUT2D eigenvalue weighted by molar-refractivity contribution is 0.0979. The van der Waals surface area contributed by atoms with Crippen molar-refractivity contribution in [1.29, 1.82) is 0 Å². The molecule has 0 saturated heterocycles. The lowest BCUT2D eigenvalue weighted by Gasteiger charge is -2.09. The Morgan fingerprint density at radius 3 is 2.35 bits per heavy atom. The molecule has 94 valence electrons. The van der Waals surface area contributed by atoms with Gasteiger partial charge in [-0.15, -0.1) is 0 Å². The van der Waals surface area contributed by atoms with Gasteiger partial charge in [-0.05, 0) is 44.5 Å². The van der Waals surface area contributed by atoms with E-state index in [0.29, 0.717) is 6.42 Å². The van der Waals surface area contributed by atoms with Gasteiger partial charge in [0.25, 0.3) is 0 Å². The molecule has 0 amide bonds. The lowest BCUT2D eigenvalue weighted by Crippen LogP contribution is -2.06. The molecule has 0 bridgehead atoms. The van der Waals surface area contributed by atoms with Crippen LogP contribution in [0, 0.1) is 0 Å². The normalized spacial score (nSPS) is 10.6. The zero-order valence-electron chi connectivity index (χ0n) is 11.0. The first kappa shape index (κ1) is 13.8. The van der Waals surface area contributed by atoms with Crippen molar-refractivity contribution in [3.63, 3.8) is 0 Å². The van der Waals surface area contributed by atoms with Crippen molar-refractivity contribution in [2.24, 2.45) is 0 Å². The molecule has 1 rings (SSSR count). The van der Waals surface area contributed by atoms with Gasteiger partial charge >= 0.3 is 0 Å². The molecule has 0 N–H and O–H groups in total. The van der Waals surface area contributed by atoms with E-state index in [0.717, 1.165) is 30.6 Å². The smallest absolute Gasteiger partial charge is 0.162 e. The zero-order chi connectivity index (χ0) is 12.7. The van der Waals surface area contributed by atoms with Crippen molar-refractivity contribution in [1.82, 2.24) is 0 Å². The second-order valence-electron chi connectivity index (χ2n) is 4.57. The third kappa shape index (κ3) is 5.03. The van der Waals surface area contributed by atoms with Crippen molar-refractivity contribution in [2.45, 2.75) is 52.6 Å². The number of carbonyl (C=O) groups is 1. The van der Waals surface area contributed by atoms with E-state index in [-0.39, 0.29) is 11.9 Å². The molecule has 0 saturated carbocycles. The van der Waals surface area contributed by atoms with E-state index in [1.165, 1.54) is 0 Å². The Balaban J connectivity index is 2.52. The molecular formula is C15H22O2. The molecule has 1 aromatic carbocycles. The lowest BCUT2D eigenvalue weighted by atomic mass is 10.0. The maximum absolute atomic E-state index is 11.8. The first-order valence-electron chi connectivity index (χ1n) is 6.43. The first-order valence-corrected chi connectivity index (χ1v) is 6.43. The third-order valence-electron chi connectivity index (χ3n) is 2.56. The van der Waals surface area contributed by atoms with E-state index < -0.39 is 0 Å². The summed E-state index contributed by atoms with van der Waals surface area (Å²) in [6.45, 7) is 6.12. The van der Waals surface area contributed by atoms with Crippen molar-refractivity contribution in [3.8, 4) is 5.75 Å². The molecule has 0 atom stereocenters. The fraction of sp³-hybridized carbons (Fsp3) is 0.533. The number of Topliss-reactive ketones (excluding diaryl/α,β-unsaturated/α-hetero) is 1. The maximum atomic E-state index is 11.8. The molecule has 0 spiro atoms. The predicted octanol–water partition coefficient (Wildman–Crippen LogP) is 4.24. The number of hydrogen-bond acceptors (Lipinski definition) is 2. The number of rotatable bonds is 7. The fourth-order valence-electron chi connectivity index (χ4n) is 1.67. The van der Waals surface area contributed by atoms with Gasteiger partial charge in [0.05, 0.1) is 6.10 Å². The molecule has 0 aromatic heterocycles. The van der Waals surface area contributed by atoms with Gasteiger partial charge in [0, 0.05) is 12.0 Å². The molecule has 17 heavy (non-hydrogen) atoms. The van der Waals surface area contributed by atoms with E-state index >= 15 is 0 Å². The zero-order valence-corrected chi connectivity index (χ0v) is 11.0. The van der Waals surface area contributed by atoms with Crippen LogP contribution in [0.25, 0.3) is 0 Å². The van der Waals surface area contributed by atoms with Gasteiger partial charge in [-0.1, -0.05) is 19.8 Å². The van der Waals surface area contributed by atoms with E-state index in [1.54, 1.807) is 0 Å². The van der Waals surface area contributed by atoms with Gasteiger partial charge < -0.3 is 4.74 Å². The molecule has 0 aliphatic rings. The summed E-state index contributed by atoms with van der Waals surface area (Å²) in [6, 6.07) is 7.44. The molecule has 0 aliphatic carbocycles. The van der Waals surface area contributed by atoms with Gasteiger partial charge in [-0.25, -0.2) is 0 Å². The highest BCUT2D eigenvalue weighted by molar-refractivity contribution is 5.96. The third-order valence-corrected chi connectivity index (χ3v) is 2.56. The van der Waals surface area contributed by atoms with Crippen LogP contribution in [0.3, 0.4) is 0 Å². The Kier molecular flexibility index (Phi) is 5.75. The first-order chi connectivity index (χ1) is 8.13. The Hall–Kier alpha value is -1.31. The summed E-state index contributed by atoms with van der Waals surface area (Å²) in [5, 5.41) is 0. The van der Waals surface area contributed by atoms with Crippen LogP contribution in [0.5, 0.6) is 5.75 Å². The van der Waals surface area contributed by atoms with Gasteiger partial charge in [0.15, 0.2) is 5.78 Å². The highest BCUT2D eigenvalue weighted by Gasteiger charge is 2.05. The summed E-state index contributed by atoms with van der Waals surface area (Å²) in [5.41, 5.74) is 0.789. The number of ether oxygens (including phenoxy) is 1. The average molecular weight is 234 g/mol. The minimum absolute atomic E-state index is 0.168. The van der Waals surface area contributed by atoms with Crippen LogP contribution in [-0.4, -0.2) is 11.9 Å². The van der Waals surface area contributed by atoms with Crippen LogP contribution in [0.15, 0.2) is 24.3 Å². The number of benzene rings is 1. The maximum Gasteiger partial charge on any atom is 0.162 e. The fourth-order valence-corrected chi connectivity index (χ4v) is 1.67. The molecule has 0 radical (unpaired) electrons. The minimum atomic E-state index is 0.168. The van der Waals surface area contributed by atoms with E-state index in [2.05, 4.69) is 6.92 Å². The van der Waals surface area contributed by atoms with Crippen LogP contribution < -0.4 is 4.74 Å². The van der Waals surface area contributed by atoms with Gasteiger partial charge in [-0.2, -0.15) is 0 Å². The summed E-state index contributed by atoms with van der Waals surface area (Å²) in [4.78, 5) is 11.8. The number of ketones is 1. The molecular weight excluding hydrogens is 212 g/mol. The summed E-state index contributed by atoms with van der Waals surface area (Å²) in [7, 11) is 0. The van der Waals surface area contributed by atoms with E-state index in [4.69, 9.17) is 4.74 Å². The Labute approximate surface area is 104 Å². The van der Waals surface area contributed by atoms with E-state index in [9.17, 15) is 4.79 Å². The van der Waals surface area contributed by atoms with Crippen LogP contribution in [0.4, 0.5) is 0 Å². The topological polar surface area (TPSA) is 26.3 Å². The minimum Gasteiger partial charge on any atom is -0.491 e. The summed E-state index contributed by atoms with van der Waals surface area (Å²) in [6.07, 6.45) is 4.08. The average Bonchev–Trinajstić information content (AvgIpc) is 2.29. The summed E-state index contributed by atoms with van der Waals surface area (Å²) < 4.78 is 5.54. The van der Waals surface area contributed by atoms with Crippen molar-refractivity contribution >= 4 is 5.78 Å². The van der Waals surface area contributed by atoms with Crippen molar-refractivity contribution in [2.75, 3.05) is 0 Å². The second kappa shape index (κ2) is 7.10. The number of unbranched alkanes of at least 4 members (excludes halogenated alkanes) is 2. The number of carbonyl (C=O) groups excluding carboxylic acids is 1. The Morgan fingerprint density at radius 2 is 1.82 bits per heavy atom. The van der Waals surface area contributed by atoms with Gasteiger partial charge in [0.1, 0.15) is 5.75 Å². The van der Waals surface area contributed by atoms with Crippen LogP contribution in [-0.2, 0) is 0 Å². The van der Waals surface area contributed by atoms with Crippen LogP contribution in [0.1, 0.15) is 56.8 Å². The van der Waals surface area contributed by atoms with Crippen LogP contribution in [0.2, 0.25) is 0 Å². The van der Waals surface area contributed by atoms with Crippen LogP contribution >= 0.6 is 0 Å². The number of hydrogen-bond donors (Lipinski definition) is 0. The van der Waals surface area contributed by atoms with Gasteiger partial charge in [-0.3, -0.25) is 4.79 Å². The highest BCUT2D eigenvalue weighted by Crippen LogP contribution is 2.15. The molecule has 0 aliphatic heterocycles. The predicted molar refractivity (Wildman–Crippen MR) is 70.7 cm³/mol. The Bertz CT molecular complexity index is 338. The highest BCUT2D eigenvalue weighted by atomic mass is 16.5. The van der Waals surface area contributed by atoms with Crippen molar-refractivity contribution in [3.05, 3.63) is 29.8 Å². The van der Waals surface area contributed by atoms with Crippen molar-refractivity contribution < 1.29 is 9.53 Å². The standard InChI is InChI=1S/C15H22O2/c1-4-5-6-7-15(16)13-8-10-14(11-9-13)17-12(2)3/h8-12H,4-7H2,1-3H3. The van der Waals surface area contributed by atoms with E-state index in [1.807, 2.05) is 38.1 Å². The largest absolute Gasteiger partial charge is 0.491 e.